The molecule has 3 amide bonds. The predicted molar refractivity (Wildman–Crippen MR) is 172 cm³/mol. The molecule has 1 aromatic carbocycles. The van der Waals surface area contributed by atoms with Crippen molar-refractivity contribution < 1.29 is 29.4 Å². The van der Waals surface area contributed by atoms with Gasteiger partial charge >= 0.3 is 5.97 Å². The summed E-state index contributed by atoms with van der Waals surface area (Å²) in [5.74, 6) is -2.58. The molecule has 1 aliphatic heterocycles. The van der Waals surface area contributed by atoms with E-state index < -0.39 is 46.9 Å². The molecular formula is C34H47N5O6. The zero-order valence-electron chi connectivity index (χ0n) is 26.9. The van der Waals surface area contributed by atoms with E-state index >= 15 is 0 Å². The van der Waals surface area contributed by atoms with E-state index in [0.29, 0.717) is 45.1 Å². The smallest absolute Gasteiger partial charge is 0.322 e. The summed E-state index contributed by atoms with van der Waals surface area (Å²) >= 11 is 0. The highest BCUT2D eigenvalue weighted by molar-refractivity contribution is 5.94. The van der Waals surface area contributed by atoms with Gasteiger partial charge in [0.2, 0.25) is 11.8 Å². The van der Waals surface area contributed by atoms with Gasteiger partial charge in [0.05, 0.1) is 16.5 Å². The zero-order valence-corrected chi connectivity index (χ0v) is 26.9. The summed E-state index contributed by atoms with van der Waals surface area (Å²) < 4.78 is 0. The van der Waals surface area contributed by atoms with Crippen molar-refractivity contribution in [3.8, 4) is 0 Å². The van der Waals surface area contributed by atoms with Crippen LogP contribution < -0.4 is 16.1 Å². The number of amides is 3. The molecule has 1 aliphatic carbocycles. The van der Waals surface area contributed by atoms with Gasteiger partial charge in [0.15, 0.2) is 0 Å². The molecule has 45 heavy (non-hydrogen) atoms. The Balaban J connectivity index is 1.51. The van der Waals surface area contributed by atoms with Crippen LogP contribution in [0.1, 0.15) is 84.4 Å². The number of hydrogen-bond acceptors (Lipinski definition) is 7. The van der Waals surface area contributed by atoms with Gasteiger partial charge in [-0.3, -0.25) is 29.2 Å². The van der Waals surface area contributed by atoms with E-state index in [0.717, 1.165) is 28.6 Å². The quantitative estimate of drug-likeness (QED) is 0.270. The Labute approximate surface area is 264 Å². The lowest BCUT2D eigenvalue weighted by Gasteiger charge is -2.41. The number of hydrogen-bond donors (Lipinski definition) is 5. The number of rotatable bonds is 10. The number of carboxylic acid groups (broad SMARTS) is 1. The predicted octanol–water partition coefficient (Wildman–Crippen LogP) is 3.35. The number of hydrazine groups is 1. The van der Waals surface area contributed by atoms with Gasteiger partial charge in [0, 0.05) is 17.6 Å². The molecule has 2 aliphatic rings. The molecule has 2 aromatic rings. The molecule has 1 aromatic heterocycles. The first-order valence-electron chi connectivity index (χ1n) is 16.0. The minimum Gasteiger partial charge on any atom is -0.480 e. The van der Waals surface area contributed by atoms with Gasteiger partial charge in [-0.1, -0.05) is 51.1 Å². The summed E-state index contributed by atoms with van der Waals surface area (Å²) in [6.45, 7) is 9.35. The number of aliphatic carboxylic acids is 1. The normalized spacial score (nSPS) is 25.2. The van der Waals surface area contributed by atoms with Crippen molar-refractivity contribution in [1.82, 2.24) is 26.1 Å². The first-order valence-corrected chi connectivity index (χ1v) is 16.0. The van der Waals surface area contributed by atoms with E-state index in [-0.39, 0.29) is 11.8 Å². The van der Waals surface area contributed by atoms with Crippen molar-refractivity contribution in [2.45, 2.75) is 103 Å². The van der Waals surface area contributed by atoms with Crippen LogP contribution >= 0.6 is 0 Å². The number of carbonyl (C=O) groups is 4. The molecule has 5 N–H and O–H groups in total. The summed E-state index contributed by atoms with van der Waals surface area (Å²) in [5, 5.41) is 28.0. The third kappa shape index (κ3) is 8.26. The first-order chi connectivity index (χ1) is 21.2. The Morgan fingerprint density at radius 1 is 1.09 bits per heavy atom. The van der Waals surface area contributed by atoms with Crippen LogP contribution in [0.4, 0.5) is 0 Å². The molecule has 0 radical (unpaired) electrons. The Morgan fingerprint density at radius 2 is 1.78 bits per heavy atom. The standard InChI is InChI=1S/C34H47N5O6/c1-6-25-12-11-24-10-9-23(20-27(24)36-25)13-14-34(17-15-33(5,45)16-18-34)32(44)37-28(21(2)3)29(40)35-22(4)30(41)39-19-7-8-26(38-39)31(42)43/h9-14,20-22,26,28,38,45H,6-8,15-19H2,1-5H3,(H,35,40)(H,37,44)(H,42,43)/b14-13+/t22?,26-,28-,33?,34?/m0/s1. The minimum absolute atomic E-state index is 0.284. The number of pyridine rings is 1. The number of carboxylic acids is 1. The number of nitrogens with one attached hydrogen (secondary N) is 3. The van der Waals surface area contributed by atoms with Crippen LogP contribution in [-0.2, 0) is 25.6 Å². The second kappa shape index (κ2) is 14.1. The lowest BCUT2D eigenvalue weighted by atomic mass is 9.68. The highest BCUT2D eigenvalue weighted by Gasteiger charge is 2.44. The number of fused-ring (bicyclic) bond motifs is 1. The molecule has 2 fully saturated rings. The Bertz CT molecular complexity index is 1440. The van der Waals surface area contributed by atoms with Crippen molar-refractivity contribution in [3.63, 3.8) is 0 Å². The molecule has 0 spiro atoms. The number of nitrogens with zero attached hydrogens (tertiary/aromatic N) is 2. The molecule has 11 nitrogen and oxygen atoms in total. The summed E-state index contributed by atoms with van der Waals surface area (Å²) in [5.41, 5.74) is 3.66. The lowest BCUT2D eigenvalue weighted by Crippen LogP contribution is -2.61. The van der Waals surface area contributed by atoms with Crippen LogP contribution in [-0.4, -0.2) is 74.2 Å². The molecule has 244 valence electrons. The molecule has 0 bridgehead atoms. The number of benzene rings is 1. The van der Waals surface area contributed by atoms with Gasteiger partial charge in [0.1, 0.15) is 18.1 Å². The summed E-state index contributed by atoms with van der Waals surface area (Å²) in [6.07, 6.45) is 7.23. The van der Waals surface area contributed by atoms with E-state index in [9.17, 15) is 29.4 Å². The van der Waals surface area contributed by atoms with Gasteiger partial charge in [0.25, 0.3) is 5.91 Å². The molecular weight excluding hydrogens is 574 g/mol. The molecule has 2 heterocycles. The molecule has 1 unspecified atom stereocenters. The average molecular weight is 622 g/mol. The summed E-state index contributed by atoms with van der Waals surface area (Å²) in [6, 6.07) is 7.32. The van der Waals surface area contributed by atoms with E-state index in [1.807, 2.05) is 56.3 Å². The fourth-order valence-corrected chi connectivity index (χ4v) is 5.98. The van der Waals surface area contributed by atoms with Crippen LogP contribution in [0.5, 0.6) is 0 Å². The SMILES string of the molecule is CCc1ccc2ccc(/C=C/C3(C(=O)N[C@H](C(=O)NC(C)C(=O)N4CCC[C@@H](C(=O)O)N4)C(C)C)CCC(C)(O)CC3)cc2n1. The monoisotopic (exact) mass is 621 g/mol. The Kier molecular flexibility index (Phi) is 10.7. The van der Waals surface area contributed by atoms with E-state index in [4.69, 9.17) is 4.98 Å². The van der Waals surface area contributed by atoms with Gasteiger partial charge in [-0.05, 0) is 82.4 Å². The molecule has 11 heteroatoms. The molecule has 1 saturated carbocycles. The van der Waals surface area contributed by atoms with Crippen LogP contribution in [0.15, 0.2) is 36.4 Å². The maximum atomic E-state index is 14.1. The highest BCUT2D eigenvalue weighted by Crippen LogP contribution is 2.43. The summed E-state index contributed by atoms with van der Waals surface area (Å²) in [7, 11) is 0. The zero-order chi connectivity index (χ0) is 32.9. The fourth-order valence-electron chi connectivity index (χ4n) is 5.98. The summed E-state index contributed by atoms with van der Waals surface area (Å²) in [4.78, 5) is 56.7. The van der Waals surface area contributed by atoms with Crippen LogP contribution in [0.3, 0.4) is 0 Å². The molecule has 4 rings (SSSR count). The van der Waals surface area contributed by atoms with E-state index in [1.54, 1.807) is 13.8 Å². The van der Waals surface area contributed by atoms with Crippen LogP contribution in [0, 0.1) is 11.3 Å². The van der Waals surface area contributed by atoms with Gasteiger partial charge in [-0.25, -0.2) is 5.43 Å². The van der Waals surface area contributed by atoms with Crippen molar-refractivity contribution in [2.24, 2.45) is 11.3 Å². The second-order valence-corrected chi connectivity index (χ2v) is 13.2. The van der Waals surface area contributed by atoms with Crippen LogP contribution in [0.25, 0.3) is 17.0 Å². The topological polar surface area (TPSA) is 161 Å². The highest BCUT2D eigenvalue weighted by atomic mass is 16.4. The first kappa shape index (κ1) is 34.1. The third-order valence-electron chi connectivity index (χ3n) is 9.12. The largest absolute Gasteiger partial charge is 0.480 e. The van der Waals surface area contributed by atoms with Gasteiger partial charge in [-0.2, -0.15) is 0 Å². The van der Waals surface area contributed by atoms with Crippen molar-refractivity contribution in [1.29, 1.82) is 0 Å². The Hall–Kier alpha value is -3.83. The number of aryl methyl sites for hydroxylation is 1. The fraction of sp³-hybridized carbons (Fsp3) is 0.559. The van der Waals surface area contributed by atoms with Crippen molar-refractivity contribution in [3.05, 3.63) is 47.7 Å². The lowest BCUT2D eigenvalue weighted by molar-refractivity contribution is -0.148. The number of aromatic nitrogens is 1. The third-order valence-corrected chi connectivity index (χ3v) is 9.12. The average Bonchev–Trinajstić information content (AvgIpc) is 3.02. The van der Waals surface area contributed by atoms with E-state index in [1.165, 1.54) is 5.01 Å². The number of carbonyl (C=O) groups excluding carboxylic acids is 3. The van der Waals surface area contributed by atoms with Gasteiger partial charge in [-0.15, -0.1) is 0 Å². The van der Waals surface area contributed by atoms with Gasteiger partial charge < -0.3 is 20.8 Å². The number of aliphatic hydroxyl groups is 1. The Morgan fingerprint density at radius 3 is 2.42 bits per heavy atom. The maximum absolute atomic E-state index is 14.1. The molecule has 3 atom stereocenters. The maximum Gasteiger partial charge on any atom is 0.322 e. The van der Waals surface area contributed by atoms with Crippen molar-refractivity contribution >= 4 is 40.7 Å². The van der Waals surface area contributed by atoms with E-state index in [2.05, 4.69) is 23.0 Å². The second-order valence-electron chi connectivity index (χ2n) is 13.2. The van der Waals surface area contributed by atoms with Crippen LogP contribution in [0.2, 0.25) is 0 Å². The minimum atomic E-state index is -1.04. The van der Waals surface area contributed by atoms with Crippen molar-refractivity contribution in [2.75, 3.05) is 6.54 Å². The molecule has 1 saturated heterocycles.